The summed E-state index contributed by atoms with van der Waals surface area (Å²) in [5.41, 5.74) is 6.52. The third-order valence-corrected chi connectivity index (χ3v) is 27.8. The molecule has 2 aromatic carbocycles. The first-order chi connectivity index (χ1) is 24.6. The number of rotatable bonds is 24. The van der Waals surface area contributed by atoms with Crippen LogP contribution in [0.1, 0.15) is 30.9 Å². The lowest BCUT2D eigenvalue weighted by Crippen LogP contribution is -2.60. The molecule has 2 aromatic rings. The molecule has 2 atom stereocenters. The van der Waals surface area contributed by atoms with Gasteiger partial charge in [0.1, 0.15) is 6.61 Å². The maximum Gasteiger partial charge on any atom is 0.412 e. The molecule has 1 amide bonds. The van der Waals surface area contributed by atoms with Gasteiger partial charge >= 0.3 is 37.7 Å². The minimum Gasteiger partial charge on any atom is -0.493 e. The summed E-state index contributed by atoms with van der Waals surface area (Å²) in [4.78, 5) is 23.9. The first-order valence-corrected chi connectivity index (χ1v) is 32.1. The Labute approximate surface area is 323 Å². The molecule has 2 unspecified atom stereocenters. The van der Waals surface area contributed by atoms with Gasteiger partial charge in [-0.1, -0.05) is 54.4 Å². The Hall–Kier alpha value is -2.88. The van der Waals surface area contributed by atoms with Crippen molar-refractivity contribution in [3.8, 4) is 11.5 Å². The largest absolute Gasteiger partial charge is 0.493 e. The van der Waals surface area contributed by atoms with E-state index in [4.69, 9.17) is 30.7 Å². The number of carbonyl (C=O) groups excluding carboxylic acids is 2. The number of hydrogen-bond acceptors (Lipinski definition) is 9. The minimum absolute atomic E-state index is 0.00295. The number of aryl methyl sites for hydroxylation is 2. The Kier molecular flexibility index (Phi) is 18.1. The van der Waals surface area contributed by atoms with Crippen molar-refractivity contribution < 1.29 is 40.3 Å². The molecule has 1 N–H and O–H groups in total. The summed E-state index contributed by atoms with van der Waals surface area (Å²) >= 11 is 0. The van der Waals surface area contributed by atoms with E-state index in [9.17, 15) is 9.59 Å². The molecule has 294 valence electrons. The number of ether oxygens (including phenoxy) is 3. The van der Waals surface area contributed by atoms with Gasteiger partial charge in [-0.15, -0.1) is 13.2 Å². The molecule has 0 radical (unpaired) electrons. The lowest BCUT2D eigenvalue weighted by Gasteiger charge is -2.44. The number of benzene rings is 2. The Morgan fingerprint density at radius 1 is 0.736 bits per heavy atom. The molecule has 0 aliphatic heterocycles. The van der Waals surface area contributed by atoms with E-state index < -0.39 is 54.4 Å². The predicted octanol–water partition coefficient (Wildman–Crippen LogP) is 9.24. The molecule has 0 spiro atoms. The molecule has 0 aliphatic carbocycles. The van der Waals surface area contributed by atoms with Gasteiger partial charge in [-0.3, -0.25) is 0 Å². The molecule has 0 aliphatic rings. The van der Waals surface area contributed by atoms with Gasteiger partial charge in [0.2, 0.25) is 0 Å². The fourth-order valence-corrected chi connectivity index (χ4v) is 28.8. The van der Waals surface area contributed by atoms with Crippen molar-refractivity contribution in [3.05, 3.63) is 96.4 Å². The van der Waals surface area contributed by atoms with Crippen LogP contribution < -0.4 is 14.8 Å². The van der Waals surface area contributed by atoms with E-state index in [0.29, 0.717) is 5.75 Å². The fourth-order valence-electron chi connectivity index (χ4n) is 5.90. The van der Waals surface area contributed by atoms with Crippen molar-refractivity contribution in [1.29, 1.82) is 0 Å². The summed E-state index contributed by atoms with van der Waals surface area (Å²) < 4.78 is 44.2. The first-order valence-electron chi connectivity index (χ1n) is 18.2. The lowest BCUT2D eigenvalue weighted by atomic mass is 10.1. The van der Waals surface area contributed by atoms with Gasteiger partial charge in [-0.2, -0.15) is 0 Å². The van der Waals surface area contributed by atoms with Gasteiger partial charge < -0.3 is 36.0 Å². The molecule has 0 aromatic heterocycles. The van der Waals surface area contributed by atoms with Crippen LogP contribution >= 0.6 is 0 Å². The van der Waals surface area contributed by atoms with Crippen LogP contribution in [0.4, 0.5) is 4.79 Å². The fraction of sp³-hybridized carbons (Fsp3) is 0.474. The average Bonchev–Trinajstić information content (AvgIpc) is 3.06. The van der Waals surface area contributed by atoms with E-state index in [1.807, 2.05) is 29.6 Å². The van der Waals surface area contributed by atoms with E-state index in [1.54, 1.807) is 13.0 Å². The van der Waals surface area contributed by atoms with Gasteiger partial charge in [-0.05, 0) is 120 Å². The highest BCUT2D eigenvalue weighted by molar-refractivity contribution is 6.92. The number of amides is 1. The first kappa shape index (κ1) is 46.3. The Balaban J connectivity index is 2.23. The second-order valence-electron chi connectivity index (χ2n) is 15.1. The summed E-state index contributed by atoms with van der Waals surface area (Å²) in [5, 5.41) is 2.57. The molecule has 53 heavy (non-hydrogen) atoms. The van der Waals surface area contributed by atoms with Crippen LogP contribution in [0, 0.1) is 0 Å². The molecule has 0 fully saturated rings. The smallest absolute Gasteiger partial charge is 0.412 e. The zero-order valence-corrected chi connectivity index (χ0v) is 38.7. The van der Waals surface area contributed by atoms with Crippen molar-refractivity contribution in [2.24, 2.45) is 0 Å². The van der Waals surface area contributed by atoms with E-state index in [-0.39, 0.29) is 24.5 Å². The maximum absolute atomic E-state index is 12.4. The Morgan fingerprint density at radius 3 is 1.87 bits per heavy atom. The predicted molar refractivity (Wildman–Crippen MR) is 226 cm³/mol. The van der Waals surface area contributed by atoms with E-state index >= 15 is 0 Å². The number of esters is 1. The quantitative estimate of drug-likeness (QED) is 0.0480. The summed E-state index contributed by atoms with van der Waals surface area (Å²) in [7, 11) is -11.1. The highest BCUT2D eigenvalue weighted by Crippen LogP contribution is 2.34. The molecule has 15 heteroatoms. The molecular formula is C38H63NO9Si5. The van der Waals surface area contributed by atoms with Crippen LogP contribution in [0.15, 0.2) is 85.2 Å². The standard InChI is InChI=1S/C38H63NO9Si5/c1-14-49(6,7)45-51(10,11)47-53(13,30-19-23-33-21-17-16-18-22-33)48-52(12,46-50(8,9)15-2)29-20-24-34-25-26-35(36(31-34)42-5)44-38(41)39-27-28-43-37(40)32(3)4/h14-18,21-22,25-26,31H,1-3,19-20,23-24,27-30H2,4-13H3,(H,39,41). The van der Waals surface area contributed by atoms with Crippen LogP contribution in [0.5, 0.6) is 11.5 Å². The van der Waals surface area contributed by atoms with Gasteiger partial charge in [0, 0.05) is 5.57 Å². The summed E-state index contributed by atoms with van der Waals surface area (Å²) in [6, 6.07) is 17.6. The Bertz CT molecular complexity index is 1540. The highest BCUT2D eigenvalue weighted by Gasteiger charge is 2.49. The second kappa shape index (κ2) is 20.7. The van der Waals surface area contributed by atoms with E-state index in [1.165, 1.54) is 12.7 Å². The number of carbonyl (C=O) groups is 2. The Morgan fingerprint density at radius 2 is 1.30 bits per heavy atom. The minimum atomic E-state index is -2.84. The molecule has 0 bridgehead atoms. The zero-order chi connectivity index (χ0) is 39.9. The maximum atomic E-state index is 12.4. The monoisotopic (exact) mass is 817 g/mol. The zero-order valence-electron chi connectivity index (χ0n) is 33.7. The van der Waals surface area contributed by atoms with E-state index in [2.05, 4.69) is 102 Å². The normalized spacial score (nSPS) is 14.3. The second-order valence-corrected chi connectivity index (χ2v) is 33.9. The number of nitrogens with one attached hydrogen (secondary N) is 1. The summed E-state index contributed by atoms with van der Waals surface area (Å²) in [6.45, 7) is 30.5. The summed E-state index contributed by atoms with van der Waals surface area (Å²) in [6.07, 6.45) is 2.72. The van der Waals surface area contributed by atoms with Gasteiger partial charge in [0.25, 0.3) is 0 Å². The van der Waals surface area contributed by atoms with Crippen molar-refractivity contribution >= 4 is 54.4 Å². The summed E-state index contributed by atoms with van der Waals surface area (Å²) in [5.74, 6) is 0.200. The highest BCUT2D eigenvalue weighted by atomic mass is 28.5. The third-order valence-electron chi connectivity index (χ3n) is 8.28. The van der Waals surface area contributed by atoms with Gasteiger partial charge in [0.05, 0.1) is 13.7 Å². The van der Waals surface area contributed by atoms with Crippen molar-refractivity contribution in [3.63, 3.8) is 0 Å². The van der Waals surface area contributed by atoms with Crippen LogP contribution in [0.3, 0.4) is 0 Å². The topological polar surface area (TPSA) is 111 Å². The van der Waals surface area contributed by atoms with E-state index in [0.717, 1.165) is 43.3 Å². The SMILES string of the molecule is C=C[Si](C)(C)O[Si](C)(C)O[Si](C)(CCCc1ccccc1)O[Si](C)(CCCc1ccc(OC(=O)NCCOC(=O)C(=C)C)c(OC)c1)O[Si](C)(C)C=C. The van der Waals surface area contributed by atoms with Gasteiger partial charge in [-0.25, -0.2) is 9.59 Å². The van der Waals surface area contributed by atoms with Crippen LogP contribution in [0.25, 0.3) is 0 Å². The number of hydrogen-bond donors (Lipinski definition) is 1. The average molecular weight is 818 g/mol. The van der Waals surface area contributed by atoms with Crippen molar-refractivity contribution in [1.82, 2.24) is 5.32 Å². The molecular weight excluding hydrogens is 755 g/mol. The molecule has 0 saturated carbocycles. The number of methoxy groups -OCH3 is 1. The van der Waals surface area contributed by atoms with Crippen LogP contribution in [0.2, 0.25) is 64.5 Å². The van der Waals surface area contributed by atoms with Gasteiger partial charge in [0.15, 0.2) is 28.1 Å². The molecule has 0 saturated heterocycles. The third kappa shape index (κ3) is 17.4. The van der Waals surface area contributed by atoms with Crippen LogP contribution in [-0.2, 0) is 38.8 Å². The van der Waals surface area contributed by atoms with Crippen molar-refractivity contribution in [2.45, 2.75) is 97.1 Å². The molecule has 0 heterocycles. The van der Waals surface area contributed by atoms with Crippen molar-refractivity contribution in [2.75, 3.05) is 20.3 Å². The van der Waals surface area contributed by atoms with Crippen LogP contribution in [-0.4, -0.2) is 74.6 Å². The lowest BCUT2D eigenvalue weighted by molar-refractivity contribution is -0.138. The molecule has 2 rings (SSSR count). The molecule has 10 nitrogen and oxygen atoms in total.